The number of amides is 1. The molecular formula is C19H12ClF2N5O. The minimum absolute atomic E-state index is 0.00235. The average Bonchev–Trinajstić information content (AvgIpc) is 3.11. The Morgan fingerprint density at radius 3 is 2.54 bits per heavy atom. The summed E-state index contributed by atoms with van der Waals surface area (Å²) < 4.78 is 27.8. The number of carbonyl (C=O) groups excluding carboxylic acids is 1. The Morgan fingerprint density at radius 2 is 1.79 bits per heavy atom. The first-order valence-corrected chi connectivity index (χ1v) is 8.59. The second kappa shape index (κ2) is 7.32. The van der Waals surface area contributed by atoms with Gasteiger partial charge in [-0.1, -0.05) is 23.7 Å². The summed E-state index contributed by atoms with van der Waals surface area (Å²) in [6, 6.07) is 13.7. The zero-order valence-corrected chi connectivity index (χ0v) is 15.0. The summed E-state index contributed by atoms with van der Waals surface area (Å²) >= 11 is 5.91. The molecule has 0 unspecified atom stereocenters. The Bertz CT molecular complexity index is 1180. The largest absolute Gasteiger partial charge is 0.345 e. The van der Waals surface area contributed by atoms with Crippen molar-refractivity contribution in [3.8, 4) is 11.3 Å². The normalized spacial score (nSPS) is 11.0. The van der Waals surface area contributed by atoms with Crippen LogP contribution in [0.4, 0.5) is 8.78 Å². The molecule has 0 fully saturated rings. The highest BCUT2D eigenvalue weighted by atomic mass is 35.5. The third kappa shape index (κ3) is 3.54. The predicted octanol–water partition coefficient (Wildman–Crippen LogP) is 3.65. The molecule has 4 rings (SSSR count). The molecule has 6 nitrogen and oxygen atoms in total. The second-order valence-corrected chi connectivity index (χ2v) is 6.36. The predicted molar refractivity (Wildman–Crippen MR) is 98.8 cm³/mol. The van der Waals surface area contributed by atoms with E-state index in [1.807, 2.05) is 12.1 Å². The Hall–Kier alpha value is -3.39. The van der Waals surface area contributed by atoms with Gasteiger partial charge in [-0.05, 0) is 42.5 Å². The number of nitrogens with zero attached hydrogens (tertiary/aromatic N) is 4. The summed E-state index contributed by atoms with van der Waals surface area (Å²) in [4.78, 5) is 12.2. The SMILES string of the molecule is O=C(NCc1nnc2ccc(-c3ccc(Cl)cc3)nn12)c1ccc(F)c(F)c1. The summed E-state index contributed by atoms with van der Waals surface area (Å²) in [5, 5.41) is 15.8. The van der Waals surface area contributed by atoms with Crippen LogP contribution in [0.25, 0.3) is 16.9 Å². The lowest BCUT2D eigenvalue weighted by Gasteiger charge is -2.06. The second-order valence-electron chi connectivity index (χ2n) is 5.92. The first kappa shape index (κ1) is 18.0. The molecule has 2 heterocycles. The maximum absolute atomic E-state index is 13.3. The van der Waals surface area contributed by atoms with Crippen molar-refractivity contribution in [3.05, 3.63) is 82.6 Å². The first-order valence-electron chi connectivity index (χ1n) is 8.22. The van der Waals surface area contributed by atoms with Crippen molar-refractivity contribution in [1.29, 1.82) is 0 Å². The third-order valence-electron chi connectivity index (χ3n) is 4.06. The molecule has 0 radical (unpaired) electrons. The van der Waals surface area contributed by atoms with Gasteiger partial charge in [-0.3, -0.25) is 4.79 Å². The first-order chi connectivity index (χ1) is 13.5. The number of aromatic nitrogens is 4. The van der Waals surface area contributed by atoms with Crippen LogP contribution in [-0.4, -0.2) is 25.7 Å². The number of benzene rings is 2. The van der Waals surface area contributed by atoms with Gasteiger partial charge < -0.3 is 5.32 Å². The molecule has 140 valence electrons. The van der Waals surface area contributed by atoms with Crippen molar-refractivity contribution in [2.24, 2.45) is 0 Å². The van der Waals surface area contributed by atoms with E-state index in [2.05, 4.69) is 20.6 Å². The van der Waals surface area contributed by atoms with E-state index < -0.39 is 17.5 Å². The molecule has 2 aromatic carbocycles. The molecule has 0 saturated heterocycles. The molecule has 0 atom stereocenters. The number of halogens is 3. The minimum Gasteiger partial charge on any atom is -0.345 e. The topological polar surface area (TPSA) is 72.2 Å². The van der Waals surface area contributed by atoms with E-state index in [9.17, 15) is 13.6 Å². The lowest BCUT2D eigenvalue weighted by molar-refractivity contribution is 0.0949. The smallest absolute Gasteiger partial charge is 0.251 e. The summed E-state index contributed by atoms with van der Waals surface area (Å²) in [5.41, 5.74) is 2.05. The highest BCUT2D eigenvalue weighted by Gasteiger charge is 2.13. The molecule has 1 N–H and O–H groups in total. The van der Waals surface area contributed by atoms with E-state index in [4.69, 9.17) is 11.6 Å². The minimum atomic E-state index is -1.09. The van der Waals surface area contributed by atoms with Gasteiger partial charge in [0.2, 0.25) is 0 Å². The maximum Gasteiger partial charge on any atom is 0.251 e. The van der Waals surface area contributed by atoms with E-state index in [1.54, 1.807) is 24.3 Å². The quantitative estimate of drug-likeness (QED) is 0.568. The van der Waals surface area contributed by atoms with Gasteiger partial charge in [-0.15, -0.1) is 10.2 Å². The van der Waals surface area contributed by atoms with Crippen molar-refractivity contribution < 1.29 is 13.6 Å². The Morgan fingerprint density at radius 1 is 1.00 bits per heavy atom. The van der Waals surface area contributed by atoms with Crippen LogP contribution in [0.1, 0.15) is 16.2 Å². The lowest BCUT2D eigenvalue weighted by Crippen LogP contribution is -2.24. The number of rotatable bonds is 4. The molecule has 0 bridgehead atoms. The maximum atomic E-state index is 13.3. The van der Waals surface area contributed by atoms with Crippen LogP contribution in [0.15, 0.2) is 54.6 Å². The number of nitrogens with one attached hydrogen (secondary N) is 1. The van der Waals surface area contributed by atoms with E-state index in [0.29, 0.717) is 22.2 Å². The fourth-order valence-corrected chi connectivity index (χ4v) is 2.74. The van der Waals surface area contributed by atoms with Gasteiger partial charge in [0.15, 0.2) is 23.1 Å². The van der Waals surface area contributed by atoms with Crippen LogP contribution in [0.5, 0.6) is 0 Å². The van der Waals surface area contributed by atoms with Crippen molar-refractivity contribution in [2.45, 2.75) is 6.54 Å². The monoisotopic (exact) mass is 399 g/mol. The van der Waals surface area contributed by atoms with Gasteiger partial charge in [-0.25, -0.2) is 8.78 Å². The van der Waals surface area contributed by atoms with Crippen molar-refractivity contribution in [3.63, 3.8) is 0 Å². The van der Waals surface area contributed by atoms with Crippen LogP contribution in [0.2, 0.25) is 5.02 Å². The van der Waals surface area contributed by atoms with Gasteiger partial charge in [0.1, 0.15) is 0 Å². The van der Waals surface area contributed by atoms with Gasteiger partial charge in [-0.2, -0.15) is 9.61 Å². The molecule has 28 heavy (non-hydrogen) atoms. The average molecular weight is 400 g/mol. The van der Waals surface area contributed by atoms with Gasteiger partial charge in [0.05, 0.1) is 12.2 Å². The number of hydrogen-bond acceptors (Lipinski definition) is 4. The summed E-state index contributed by atoms with van der Waals surface area (Å²) in [5.74, 6) is -2.28. The van der Waals surface area contributed by atoms with E-state index in [0.717, 1.165) is 17.7 Å². The number of fused-ring (bicyclic) bond motifs is 1. The molecule has 1 amide bonds. The van der Waals surface area contributed by atoms with Crippen molar-refractivity contribution in [2.75, 3.05) is 0 Å². The number of carbonyl (C=O) groups is 1. The molecule has 0 aliphatic rings. The molecule has 0 spiro atoms. The molecule has 0 aliphatic carbocycles. The summed E-state index contributed by atoms with van der Waals surface area (Å²) in [6.07, 6.45) is 0. The molecule has 0 aliphatic heterocycles. The van der Waals surface area contributed by atoms with Crippen LogP contribution < -0.4 is 5.32 Å². The highest BCUT2D eigenvalue weighted by molar-refractivity contribution is 6.30. The van der Waals surface area contributed by atoms with E-state index >= 15 is 0 Å². The van der Waals surface area contributed by atoms with Crippen LogP contribution in [0.3, 0.4) is 0 Å². The van der Waals surface area contributed by atoms with Gasteiger partial charge in [0, 0.05) is 16.1 Å². The Balaban J connectivity index is 1.56. The lowest BCUT2D eigenvalue weighted by atomic mass is 10.1. The van der Waals surface area contributed by atoms with Crippen LogP contribution in [-0.2, 0) is 6.54 Å². The molecule has 9 heteroatoms. The van der Waals surface area contributed by atoms with Crippen LogP contribution in [0, 0.1) is 11.6 Å². The fraction of sp³-hybridized carbons (Fsp3) is 0.0526. The van der Waals surface area contributed by atoms with Gasteiger partial charge >= 0.3 is 0 Å². The van der Waals surface area contributed by atoms with Gasteiger partial charge in [0.25, 0.3) is 5.91 Å². The van der Waals surface area contributed by atoms with Crippen molar-refractivity contribution >= 4 is 23.2 Å². The van der Waals surface area contributed by atoms with E-state index in [-0.39, 0.29) is 12.1 Å². The summed E-state index contributed by atoms with van der Waals surface area (Å²) in [7, 11) is 0. The molecule has 4 aromatic rings. The molecular weight excluding hydrogens is 388 g/mol. The molecule has 2 aromatic heterocycles. The van der Waals surface area contributed by atoms with Crippen LogP contribution >= 0.6 is 11.6 Å². The standard InChI is InChI=1S/C19H12ClF2N5O/c20-13-4-1-11(2-5-13)16-7-8-17-24-25-18(27(17)26-16)10-23-19(28)12-3-6-14(21)15(22)9-12/h1-9H,10H2,(H,23,28). The summed E-state index contributed by atoms with van der Waals surface area (Å²) in [6.45, 7) is 0.00999. The van der Waals surface area contributed by atoms with E-state index in [1.165, 1.54) is 10.6 Å². The third-order valence-corrected chi connectivity index (χ3v) is 4.31. The Labute approximate surface area is 162 Å². The fourth-order valence-electron chi connectivity index (χ4n) is 2.62. The number of hydrogen-bond donors (Lipinski definition) is 1. The molecule has 0 saturated carbocycles. The highest BCUT2D eigenvalue weighted by Crippen LogP contribution is 2.20. The van der Waals surface area contributed by atoms with Crippen molar-refractivity contribution in [1.82, 2.24) is 25.1 Å². The Kier molecular flexibility index (Phi) is 4.70. The zero-order valence-electron chi connectivity index (χ0n) is 14.2. The zero-order chi connectivity index (χ0) is 19.7.